The van der Waals surface area contributed by atoms with Gasteiger partial charge in [0, 0.05) is 0 Å². The molecule has 0 heterocycles. The zero-order chi connectivity index (χ0) is 11.4. The molecule has 0 spiro atoms. The standard InChI is InChI=1S/C13H13BO2/c1-10-2-4-11(5-3-10)12-6-8-13(9-7-12)16-14-15/h2-9,14-15H,1H3. The zero-order valence-electron chi connectivity index (χ0n) is 9.18. The minimum absolute atomic E-state index is 0.288. The molecular weight excluding hydrogens is 199 g/mol. The van der Waals surface area contributed by atoms with Crippen LogP contribution in [0.15, 0.2) is 48.5 Å². The van der Waals surface area contributed by atoms with Gasteiger partial charge in [-0.15, -0.1) is 0 Å². The molecule has 0 atom stereocenters. The summed E-state index contributed by atoms with van der Waals surface area (Å²) >= 11 is 0. The predicted octanol–water partition coefficient (Wildman–Crippen LogP) is 2.30. The molecule has 0 saturated heterocycles. The van der Waals surface area contributed by atoms with Gasteiger partial charge < -0.3 is 9.68 Å². The van der Waals surface area contributed by atoms with Crippen LogP contribution in [0.2, 0.25) is 0 Å². The lowest BCUT2D eigenvalue weighted by Crippen LogP contribution is -1.99. The van der Waals surface area contributed by atoms with Crippen LogP contribution in [0, 0.1) is 6.92 Å². The maximum absolute atomic E-state index is 8.61. The highest BCUT2D eigenvalue weighted by Gasteiger charge is 1.98. The lowest BCUT2D eigenvalue weighted by atomic mass is 10.0. The van der Waals surface area contributed by atoms with Crippen LogP contribution in [-0.2, 0) is 0 Å². The third-order valence-corrected chi connectivity index (χ3v) is 2.47. The fourth-order valence-corrected chi connectivity index (χ4v) is 1.56. The highest BCUT2D eigenvalue weighted by atomic mass is 16.5. The molecule has 2 nitrogen and oxygen atoms in total. The number of hydrogen-bond donors (Lipinski definition) is 1. The van der Waals surface area contributed by atoms with Gasteiger partial charge >= 0.3 is 7.69 Å². The first kappa shape index (κ1) is 10.8. The Balaban J connectivity index is 2.24. The molecule has 0 radical (unpaired) electrons. The number of aryl methyl sites for hydroxylation is 1. The molecule has 16 heavy (non-hydrogen) atoms. The first-order valence-corrected chi connectivity index (χ1v) is 5.20. The van der Waals surface area contributed by atoms with Gasteiger partial charge in [0.25, 0.3) is 0 Å². The van der Waals surface area contributed by atoms with Gasteiger partial charge in [0.05, 0.1) is 0 Å². The quantitative estimate of drug-likeness (QED) is 0.791. The number of hydrogen-bond acceptors (Lipinski definition) is 2. The van der Waals surface area contributed by atoms with Crippen LogP contribution in [0.25, 0.3) is 11.1 Å². The summed E-state index contributed by atoms with van der Waals surface area (Å²) in [5.41, 5.74) is 3.58. The lowest BCUT2D eigenvalue weighted by Gasteiger charge is -2.05. The van der Waals surface area contributed by atoms with Crippen molar-refractivity contribution in [2.75, 3.05) is 0 Å². The van der Waals surface area contributed by atoms with Crippen molar-refractivity contribution >= 4 is 7.69 Å². The first-order chi connectivity index (χ1) is 7.79. The number of benzene rings is 2. The van der Waals surface area contributed by atoms with Gasteiger partial charge in [0.2, 0.25) is 0 Å². The molecule has 0 fully saturated rings. The van der Waals surface area contributed by atoms with Crippen LogP contribution in [0.1, 0.15) is 5.56 Å². The molecule has 2 aromatic carbocycles. The van der Waals surface area contributed by atoms with Crippen molar-refractivity contribution in [3.63, 3.8) is 0 Å². The van der Waals surface area contributed by atoms with Crippen LogP contribution < -0.4 is 4.65 Å². The second-order valence-corrected chi connectivity index (χ2v) is 3.66. The highest BCUT2D eigenvalue weighted by Crippen LogP contribution is 2.22. The molecule has 2 aromatic rings. The van der Waals surface area contributed by atoms with Crippen molar-refractivity contribution in [2.24, 2.45) is 0 Å². The predicted molar refractivity (Wildman–Crippen MR) is 66.6 cm³/mol. The normalized spacial score (nSPS) is 9.88. The van der Waals surface area contributed by atoms with Crippen LogP contribution >= 0.6 is 0 Å². The van der Waals surface area contributed by atoms with Crippen LogP contribution in [0.3, 0.4) is 0 Å². The topological polar surface area (TPSA) is 29.5 Å². The Morgan fingerprint density at radius 1 is 0.875 bits per heavy atom. The van der Waals surface area contributed by atoms with Crippen molar-refractivity contribution < 1.29 is 9.68 Å². The first-order valence-electron chi connectivity index (χ1n) is 5.20. The minimum atomic E-state index is -0.288. The summed E-state index contributed by atoms with van der Waals surface area (Å²) in [5.74, 6) is 0.679. The fourth-order valence-electron chi connectivity index (χ4n) is 1.56. The van der Waals surface area contributed by atoms with E-state index in [0.29, 0.717) is 5.75 Å². The Labute approximate surface area is 95.8 Å². The second kappa shape index (κ2) is 4.86. The average molecular weight is 212 g/mol. The second-order valence-electron chi connectivity index (χ2n) is 3.66. The smallest absolute Gasteiger partial charge is 0.504 e. The lowest BCUT2D eigenvalue weighted by molar-refractivity contribution is 0.454. The van der Waals surface area contributed by atoms with Crippen molar-refractivity contribution in [1.82, 2.24) is 0 Å². The summed E-state index contributed by atoms with van der Waals surface area (Å²) < 4.78 is 4.97. The molecule has 0 amide bonds. The molecule has 3 heteroatoms. The minimum Gasteiger partial charge on any atom is -0.539 e. The molecule has 80 valence electrons. The molecule has 2 rings (SSSR count). The largest absolute Gasteiger partial charge is 0.539 e. The summed E-state index contributed by atoms with van der Waals surface area (Å²) in [6.45, 7) is 2.07. The summed E-state index contributed by atoms with van der Waals surface area (Å²) in [4.78, 5) is 0. The number of rotatable bonds is 3. The van der Waals surface area contributed by atoms with E-state index in [2.05, 4.69) is 31.2 Å². The zero-order valence-corrected chi connectivity index (χ0v) is 9.18. The summed E-state index contributed by atoms with van der Waals surface area (Å²) in [6.07, 6.45) is 0. The molecule has 0 aliphatic carbocycles. The van der Waals surface area contributed by atoms with Gasteiger partial charge in [0.1, 0.15) is 5.75 Å². The van der Waals surface area contributed by atoms with Gasteiger partial charge in [-0.3, -0.25) is 0 Å². The molecule has 0 aromatic heterocycles. The third kappa shape index (κ3) is 2.44. The van der Waals surface area contributed by atoms with E-state index in [4.69, 9.17) is 9.68 Å². The van der Waals surface area contributed by atoms with Crippen molar-refractivity contribution in [3.05, 3.63) is 54.1 Å². The molecule has 1 N–H and O–H groups in total. The third-order valence-electron chi connectivity index (χ3n) is 2.47. The molecular formula is C13H13BO2. The highest BCUT2D eigenvalue weighted by molar-refractivity contribution is 6.17. The SMILES string of the molecule is Cc1ccc(-c2ccc(OBO)cc2)cc1. The van der Waals surface area contributed by atoms with Crippen molar-refractivity contribution in [3.8, 4) is 16.9 Å². The molecule has 0 aliphatic heterocycles. The van der Waals surface area contributed by atoms with E-state index in [1.54, 1.807) is 0 Å². The van der Waals surface area contributed by atoms with E-state index in [1.165, 1.54) is 11.1 Å². The molecule has 0 saturated carbocycles. The van der Waals surface area contributed by atoms with Gasteiger partial charge in [-0.05, 0) is 30.2 Å². The van der Waals surface area contributed by atoms with Gasteiger partial charge in [-0.1, -0.05) is 42.0 Å². The fraction of sp³-hybridized carbons (Fsp3) is 0.0769. The Morgan fingerprint density at radius 3 is 1.88 bits per heavy atom. The maximum atomic E-state index is 8.61. The van der Waals surface area contributed by atoms with Crippen molar-refractivity contribution in [1.29, 1.82) is 0 Å². The Bertz CT molecular complexity index is 448. The van der Waals surface area contributed by atoms with E-state index >= 15 is 0 Å². The van der Waals surface area contributed by atoms with Crippen LogP contribution in [0.4, 0.5) is 0 Å². The van der Waals surface area contributed by atoms with Gasteiger partial charge in [-0.25, -0.2) is 0 Å². The molecule has 0 unspecified atom stereocenters. The van der Waals surface area contributed by atoms with E-state index in [1.807, 2.05) is 24.3 Å². The van der Waals surface area contributed by atoms with Crippen LogP contribution in [-0.4, -0.2) is 12.7 Å². The van der Waals surface area contributed by atoms with E-state index in [0.717, 1.165) is 5.56 Å². The van der Waals surface area contributed by atoms with E-state index < -0.39 is 0 Å². The molecule has 0 aliphatic rings. The van der Waals surface area contributed by atoms with Crippen LogP contribution in [0.5, 0.6) is 5.75 Å². The van der Waals surface area contributed by atoms with E-state index in [-0.39, 0.29) is 7.69 Å². The maximum Gasteiger partial charge on any atom is 0.504 e. The van der Waals surface area contributed by atoms with Gasteiger partial charge in [-0.2, -0.15) is 0 Å². The monoisotopic (exact) mass is 212 g/mol. The summed E-state index contributed by atoms with van der Waals surface area (Å²) in [7, 11) is -0.288. The summed E-state index contributed by atoms with van der Waals surface area (Å²) in [6, 6.07) is 16.0. The Morgan fingerprint density at radius 2 is 1.38 bits per heavy atom. The average Bonchev–Trinajstić information content (AvgIpc) is 2.32. The summed E-state index contributed by atoms with van der Waals surface area (Å²) in [5, 5.41) is 8.61. The Hall–Kier alpha value is -1.74. The van der Waals surface area contributed by atoms with Gasteiger partial charge in [0.15, 0.2) is 0 Å². The molecule has 0 bridgehead atoms. The Kier molecular flexibility index (Phi) is 3.27. The van der Waals surface area contributed by atoms with E-state index in [9.17, 15) is 0 Å². The van der Waals surface area contributed by atoms with Crippen molar-refractivity contribution in [2.45, 2.75) is 6.92 Å².